The molecule has 0 bridgehead atoms. The lowest BCUT2D eigenvalue weighted by molar-refractivity contribution is 0.669. The molecule has 84 valence electrons. The standard InChI is InChI=1S/C15H12O2/c1-9-7-12-11-5-3-4-6-13(11)17-14(12)8-10(2)15(9)16/h3-8H,1-2H3. The van der Waals surface area contributed by atoms with E-state index in [0.29, 0.717) is 0 Å². The lowest BCUT2D eigenvalue weighted by Crippen LogP contribution is -2.03. The van der Waals surface area contributed by atoms with Gasteiger partial charge < -0.3 is 4.42 Å². The van der Waals surface area contributed by atoms with E-state index >= 15 is 0 Å². The van der Waals surface area contributed by atoms with Crippen molar-refractivity contribution in [3.63, 3.8) is 0 Å². The number of fused-ring (bicyclic) bond motifs is 3. The Balaban J connectivity index is 2.63. The fourth-order valence-electron chi connectivity index (χ4n) is 2.20. The molecule has 0 radical (unpaired) electrons. The van der Waals surface area contributed by atoms with Crippen molar-refractivity contribution in [2.75, 3.05) is 0 Å². The maximum absolute atomic E-state index is 11.9. The third kappa shape index (κ3) is 1.45. The largest absolute Gasteiger partial charge is 0.456 e. The van der Waals surface area contributed by atoms with Crippen LogP contribution in [0.1, 0.15) is 11.1 Å². The first-order chi connectivity index (χ1) is 8.16. The average molecular weight is 224 g/mol. The highest BCUT2D eigenvalue weighted by Crippen LogP contribution is 2.27. The molecule has 1 heterocycles. The van der Waals surface area contributed by atoms with E-state index in [1.165, 1.54) is 0 Å². The average Bonchev–Trinajstić information content (AvgIpc) is 2.61. The molecule has 0 spiro atoms. The van der Waals surface area contributed by atoms with Crippen LogP contribution in [0.25, 0.3) is 21.9 Å². The lowest BCUT2D eigenvalue weighted by atomic mass is 10.2. The monoisotopic (exact) mass is 224 g/mol. The lowest BCUT2D eigenvalue weighted by Gasteiger charge is -1.86. The van der Waals surface area contributed by atoms with Crippen LogP contribution in [-0.4, -0.2) is 0 Å². The van der Waals surface area contributed by atoms with Crippen LogP contribution in [0.2, 0.25) is 0 Å². The number of hydrogen-bond acceptors (Lipinski definition) is 2. The minimum atomic E-state index is 0.0838. The van der Waals surface area contributed by atoms with Crippen molar-refractivity contribution in [2.24, 2.45) is 0 Å². The molecule has 2 aromatic carbocycles. The molecule has 0 aliphatic carbocycles. The molecule has 17 heavy (non-hydrogen) atoms. The van der Waals surface area contributed by atoms with E-state index in [0.717, 1.165) is 33.1 Å². The van der Waals surface area contributed by atoms with Gasteiger partial charge in [-0.3, -0.25) is 4.79 Å². The summed E-state index contributed by atoms with van der Waals surface area (Å²) >= 11 is 0. The summed E-state index contributed by atoms with van der Waals surface area (Å²) in [6.07, 6.45) is 0. The Labute approximate surface area is 98.5 Å². The van der Waals surface area contributed by atoms with Crippen LogP contribution < -0.4 is 5.43 Å². The van der Waals surface area contributed by atoms with Gasteiger partial charge >= 0.3 is 0 Å². The highest BCUT2D eigenvalue weighted by molar-refractivity contribution is 6.04. The normalized spacial score (nSPS) is 11.2. The maximum atomic E-state index is 11.9. The second-order valence-electron chi connectivity index (χ2n) is 4.36. The van der Waals surface area contributed by atoms with Gasteiger partial charge in [0.25, 0.3) is 0 Å². The predicted molar refractivity (Wildman–Crippen MR) is 69.5 cm³/mol. The topological polar surface area (TPSA) is 30.2 Å². The minimum Gasteiger partial charge on any atom is -0.456 e. The van der Waals surface area contributed by atoms with Crippen molar-refractivity contribution in [3.8, 4) is 0 Å². The van der Waals surface area contributed by atoms with Crippen molar-refractivity contribution in [3.05, 3.63) is 57.7 Å². The summed E-state index contributed by atoms with van der Waals surface area (Å²) in [5.41, 5.74) is 3.19. The van der Waals surface area contributed by atoms with Crippen LogP contribution in [0, 0.1) is 13.8 Å². The number of hydrogen-bond donors (Lipinski definition) is 0. The van der Waals surface area contributed by atoms with Gasteiger partial charge in [-0.1, -0.05) is 18.2 Å². The zero-order valence-electron chi connectivity index (χ0n) is 9.78. The van der Waals surface area contributed by atoms with Crippen molar-refractivity contribution in [1.82, 2.24) is 0 Å². The zero-order valence-corrected chi connectivity index (χ0v) is 9.78. The van der Waals surface area contributed by atoms with Crippen molar-refractivity contribution in [2.45, 2.75) is 13.8 Å². The van der Waals surface area contributed by atoms with Gasteiger partial charge in [0.05, 0.1) is 0 Å². The molecule has 0 aliphatic rings. The van der Waals surface area contributed by atoms with Crippen LogP contribution in [-0.2, 0) is 0 Å². The van der Waals surface area contributed by atoms with E-state index in [9.17, 15) is 4.79 Å². The third-order valence-electron chi connectivity index (χ3n) is 3.09. The second kappa shape index (κ2) is 3.45. The molecule has 0 unspecified atom stereocenters. The van der Waals surface area contributed by atoms with E-state index < -0.39 is 0 Å². The molecular weight excluding hydrogens is 212 g/mol. The van der Waals surface area contributed by atoms with Crippen LogP contribution in [0.3, 0.4) is 0 Å². The summed E-state index contributed by atoms with van der Waals surface area (Å²) in [6.45, 7) is 3.67. The number of para-hydroxylation sites is 1. The van der Waals surface area contributed by atoms with Gasteiger partial charge in [-0.05, 0) is 37.6 Å². The number of rotatable bonds is 0. The summed E-state index contributed by atoms with van der Waals surface area (Å²) in [5.74, 6) is 0. The molecule has 0 N–H and O–H groups in total. The van der Waals surface area contributed by atoms with Gasteiger partial charge in [0.2, 0.25) is 0 Å². The highest BCUT2D eigenvalue weighted by atomic mass is 16.3. The molecule has 0 saturated carbocycles. The Morgan fingerprint density at radius 3 is 2.41 bits per heavy atom. The minimum absolute atomic E-state index is 0.0838. The van der Waals surface area contributed by atoms with E-state index in [2.05, 4.69) is 0 Å². The summed E-state index contributed by atoms with van der Waals surface area (Å²) in [5, 5.41) is 2.06. The van der Waals surface area contributed by atoms with E-state index in [-0.39, 0.29) is 5.43 Å². The first-order valence-electron chi connectivity index (χ1n) is 5.59. The van der Waals surface area contributed by atoms with Gasteiger partial charge in [0.15, 0.2) is 5.43 Å². The molecule has 0 aliphatic heterocycles. The summed E-state index contributed by atoms with van der Waals surface area (Å²) in [4.78, 5) is 11.9. The highest BCUT2D eigenvalue weighted by Gasteiger charge is 2.07. The van der Waals surface area contributed by atoms with Gasteiger partial charge in [0, 0.05) is 16.3 Å². The summed E-state index contributed by atoms with van der Waals surface area (Å²) in [6, 6.07) is 11.6. The second-order valence-corrected chi connectivity index (χ2v) is 4.36. The number of furan rings is 1. The molecule has 3 rings (SSSR count). The van der Waals surface area contributed by atoms with Crippen molar-refractivity contribution >= 4 is 21.9 Å². The van der Waals surface area contributed by atoms with Gasteiger partial charge in [-0.15, -0.1) is 0 Å². The molecule has 0 atom stereocenters. The molecule has 1 aromatic heterocycles. The molecule has 2 nitrogen and oxygen atoms in total. The summed E-state index contributed by atoms with van der Waals surface area (Å²) < 4.78 is 5.76. The van der Waals surface area contributed by atoms with Crippen LogP contribution in [0.5, 0.6) is 0 Å². The number of benzene rings is 1. The smallest absolute Gasteiger partial charge is 0.184 e. The first-order valence-corrected chi connectivity index (χ1v) is 5.59. The zero-order chi connectivity index (χ0) is 12.0. The molecule has 0 saturated heterocycles. The Kier molecular flexibility index (Phi) is 2.05. The molecule has 0 amide bonds. The Bertz CT molecular complexity index is 782. The quantitative estimate of drug-likeness (QED) is 0.584. The molecule has 2 heteroatoms. The molecular formula is C15H12O2. The Hall–Kier alpha value is -2.09. The Morgan fingerprint density at radius 2 is 1.59 bits per heavy atom. The van der Waals surface area contributed by atoms with E-state index in [4.69, 9.17) is 4.42 Å². The summed E-state index contributed by atoms with van der Waals surface area (Å²) in [7, 11) is 0. The van der Waals surface area contributed by atoms with Crippen LogP contribution in [0.15, 0.2) is 45.6 Å². The fraction of sp³-hybridized carbons (Fsp3) is 0.133. The van der Waals surface area contributed by atoms with Gasteiger partial charge in [0.1, 0.15) is 11.2 Å². The fourth-order valence-corrected chi connectivity index (χ4v) is 2.20. The Morgan fingerprint density at radius 1 is 0.882 bits per heavy atom. The van der Waals surface area contributed by atoms with E-state index in [1.54, 1.807) is 0 Å². The first kappa shape index (κ1) is 10.1. The van der Waals surface area contributed by atoms with Crippen molar-refractivity contribution in [1.29, 1.82) is 0 Å². The third-order valence-corrected chi connectivity index (χ3v) is 3.09. The molecule has 0 fully saturated rings. The predicted octanol–water partition coefficient (Wildman–Crippen LogP) is 3.56. The number of aryl methyl sites for hydroxylation is 2. The van der Waals surface area contributed by atoms with E-state index in [1.807, 2.05) is 50.2 Å². The van der Waals surface area contributed by atoms with Crippen LogP contribution in [0.4, 0.5) is 0 Å². The maximum Gasteiger partial charge on any atom is 0.184 e. The van der Waals surface area contributed by atoms with Crippen molar-refractivity contribution < 1.29 is 4.42 Å². The van der Waals surface area contributed by atoms with Crippen LogP contribution >= 0.6 is 0 Å². The molecule has 3 aromatic rings. The SMILES string of the molecule is Cc1cc2oc3ccccc3c2cc(C)c1=O. The van der Waals surface area contributed by atoms with Gasteiger partial charge in [-0.25, -0.2) is 0 Å². The van der Waals surface area contributed by atoms with Gasteiger partial charge in [-0.2, -0.15) is 0 Å².